The minimum atomic E-state index is -3.61. The molecule has 0 saturated carbocycles. The maximum Gasteiger partial charge on any atom is 0.219 e. The Bertz CT molecular complexity index is 624. The molecule has 0 heterocycles. The van der Waals surface area contributed by atoms with E-state index in [-0.39, 0.29) is 18.3 Å². The van der Waals surface area contributed by atoms with Crippen molar-refractivity contribution in [3.05, 3.63) is 35.4 Å². The van der Waals surface area contributed by atoms with Crippen molar-refractivity contribution in [3.63, 3.8) is 0 Å². The highest BCUT2D eigenvalue weighted by Crippen LogP contribution is 2.16. The Hall–Kier alpha value is -1.89. The topological polar surface area (TPSA) is 85.0 Å². The molecule has 0 aliphatic rings. The van der Waals surface area contributed by atoms with Crippen molar-refractivity contribution in [2.45, 2.75) is 25.6 Å². The highest BCUT2D eigenvalue weighted by Gasteiger charge is 2.25. The lowest BCUT2D eigenvalue weighted by molar-refractivity contribution is 0.385. The zero-order chi connectivity index (χ0) is 14.5. The highest BCUT2D eigenvalue weighted by molar-refractivity contribution is 7.88. The fourth-order valence-electron chi connectivity index (χ4n) is 1.71. The van der Waals surface area contributed by atoms with E-state index in [9.17, 15) is 8.42 Å². The van der Waals surface area contributed by atoms with Crippen molar-refractivity contribution >= 4 is 10.0 Å². The van der Waals surface area contributed by atoms with Crippen LogP contribution in [0.1, 0.15) is 25.0 Å². The standard InChI is InChI=1S/C13H15N3O2S/c1-11(2)16(8-7-14)19(17,18)10-13-6-4-3-5-12(13)9-15/h3-6,11H,8,10H2,1-2H3. The van der Waals surface area contributed by atoms with Gasteiger partial charge in [-0.25, -0.2) is 8.42 Å². The van der Waals surface area contributed by atoms with Gasteiger partial charge >= 0.3 is 0 Å². The van der Waals surface area contributed by atoms with E-state index in [1.165, 1.54) is 0 Å². The molecule has 0 saturated heterocycles. The summed E-state index contributed by atoms with van der Waals surface area (Å²) in [7, 11) is -3.61. The Morgan fingerprint density at radius 1 is 1.26 bits per heavy atom. The number of nitriles is 2. The molecule has 0 bridgehead atoms. The molecule has 0 radical (unpaired) electrons. The molecule has 0 amide bonds. The van der Waals surface area contributed by atoms with Crippen molar-refractivity contribution in [3.8, 4) is 12.1 Å². The predicted molar refractivity (Wildman–Crippen MR) is 71.2 cm³/mol. The predicted octanol–water partition coefficient (Wildman–Crippen LogP) is 1.62. The van der Waals surface area contributed by atoms with Crippen LogP contribution in [-0.2, 0) is 15.8 Å². The van der Waals surface area contributed by atoms with Crippen LogP contribution in [0.4, 0.5) is 0 Å². The van der Waals surface area contributed by atoms with Crippen LogP contribution < -0.4 is 0 Å². The molecule has 0 aliphatic carbocycles. The Labute approximate surface area is 113 Å². The Balaban J connectivity index is 3.09. The van der Waals surface area contributed by atoms with Gasteiger partial charge in [0.15, 0.2) is 0 Å². The summed E-state index contributed by atoms with van der Waals surface area (Å²) in [5, 5.41) is 17.7. The first kappa shape index (κ1) is 15.2. The van der Waals surface area contributed by atoms with E-state index in [2.05, 4.69) is 0 Å². The smallest absolute Gasteiger partial charge is 0.212 e. The summed E-state index contributed by atoms with van der Waals surface area (Å²) in [6.07, 6.45) is 0. The monoisotopic (exact) mass is 277 g/mol. The third-order valence-corrected chi connectivity index (χ3v) is 4.58. The summed E-state index contributed by atoms with van der Waals surface area (Å²) in [5.74, 6) is -0.267. The molecule has 1 rings (SSSR count). The van der Waals surface area contributed by atoms with Crippen LogP contribution in [0.2, 0.25) is 0 Å². The molecular weight excluding hydrogens is 262 g/mol. The molecule has 100 valence electrons. The number of rotatable bonds is 5. The minimum absolute atomic E-state index is 0.186. The van der Waals surface area contributed by atoms with Gasteiger partial charge < -0.3 is 0 Å². The first-order valence-electron chi connectivity index (χ1n) is 5.77. The molecule has 0 N–H and O–H groups in total. The number of hydrogen-bond acceptors (Lipinski definition) is 4. The lowest BCUT2D eigenvalue weighted by Gasteiger charge is -2.23. The Morgan fingerprint density at radius 3 is 2.42 bits per heavy atom. The normalized spacial score (nSPS) is 11.3. The molecule has 1 aromatic carbocycles. The maximum atomic E-state index is 12.3. The van der Waals surface area contributed by atoms with Gasteiger partial charge in [-0.3, -0.25) is 0 Å². The second-order valence-electron chi connectivity index (χ2n) is 4.32. The first-order chi connectivity index (χ1) is 8.92. The molecule has 0 unspecified atom stereocenters. The molecule has 1 aromatic rings. The highest BCUT2D eigenvalue weighted by atomic mass is 32.2. The van der Waals surface area contributed by atoms with Crippen molar-refractivity contribution < 1.29 is 8.42 Å². The van der Waals surface area contributed by atoms with Crippen LogP contribution in [-0.4, -0.2) is 25.3 Å². The SMILES string of the molecule is CC(C)N(CC#N)S(=O)(=O)Cc1ccccc1C#N. The summed E-state index contributed by atoms with van der Waals surface area (Å²) in [6, 6.07) is 10.1. The molecular formula is C13H15N3O2S. The van der Waals surface area contributed by atoms with Crippen LogP contribution in [0, 0.1) is 22.7 Å². The van der Waals surface area contributed by atoms with Crippen LogP contribution >= 0.6 is 0 Å². The van der Waals surface area contributed by atoms with Gasteiger partial charge in [0.2, 0.25) is 10.0 Å². The number of hydrogen-bond donors (Lipinski definition) is 0. The van der Waals surface area contributed by atoms with E-state index in [4.69, 9.17) is 10.5 Å². The molecule has 5 nitrogen and oxygen atoms in total. The fourth-order valence-corrected chi connectivity index (χ4v) is 3.41. The van der Waals surface area contributed by atoms with Crippen LogP contribution in [0.15, 0.2) is 24.3 Å². The lowest BCUT2D eigenvalue weighted by atomic mass is 10.1. The van der Waals surface area contributed by atoms with Crippen LogP contribution in [0.3, 0.4) is 0 Å². The van der Waals surface area contributed by atoms with Crippen molar-refractivity contribution in [2.75, 3.05) is 6.54 Å². The van der Waals surface area contributed by atoms with E-state index in [1.54, 1.807) is 38.1 Å². The summed E-state index contributed by atoms with van der Waals surface area (Å²) < 4.78 is 25.7. The largest absolute Gasteiger partial charge is 0.219 e. The summed E-state index contributed by atoms with van der Waals surface area (Å²) in [6.45, 7) is 3.24. The van der Waals surface area contributed by atoms with Gasteiger partial charge in [0.05, 0.1) is 23.5 Å². The van der Waals surface area contributed by atoms with Gasteiger partial charge in [-0.1, -0.05) is 18.2 Å². The lowest BCUT2D eigenvalue weighted by Crippen LogP contribution is -2.38. The number of sulfonamides is 1. The molecule has 0 aromatic heterocycles. The summed E-state index contributed by atoms with van der Waals surface area (Å²) in [5.41, 5.74) is 0.792. The first-order valence-corrected chi connectivity index (χ1v) is 7.37. The van der Waals surface area contributed by atoms with Gasteiger partial charge in [-0.15, -0.1) is 0 Å². The molecule has 0 atom stereocenters. The second kappa shape index (κ2) is 6.33. The van der Waals surface area contributed by atoms with Gasteiger partial charge in [0.1, 0.15) is 6.54 Å². The third-order valence-electron chi connectivity index (χ3n) is 2.64. The molecule has 0 fully saturated rings. The van der Waals surface area contributed by atoms with E-state index < -0.39 is 10.0 Å². The average molecular weight is 277 g/mol. The summed E-state index contributed by atoms with van der Waals surface area (Å²) in [4.78, 5) is 0. The van der Waals surface area contributed by atoms with Crippen molar-refractivity contribution in [2.24, 2.45) is 0 Å². The van der Waals surface area contributed by atoms with Gasteiger partial charge in [-0.2, -0.15) is 14.8 Å². The quantitative estimate of drug-likeness (QED) is 0.765. The van der Waals surface area contributed by atoms with E-state index in [0.717, 1.165) is 4.31 Å². The molecule has 0 spiro atoms. The Morgan fingerprint density at radius 2 is 1.89 bits per heavy atom. The van der Waals surface area contributed by atoms with E-state index in [0.29, 0.717) is 11.1 Å². The zero-order valence-corrected chi connectivity index (χ0v) is 11.7. The number of nitrogens with zero attached hydrogens (tertiary/aromatic N) is 3. The third kappa shape index (κ3) is 3.78. The molecule has 6 heteroatoms. The van der Waals surface area contributed by atoms with Gasteiger partial charge in [-0.05, 0) is 25.5 Å². The van der Waals surface area contributed by atoms with Gasteiger partial charge in [0, 0.05) is 6.04 Å². The average Bonchev–Trinajstić information content (AvgIpc) is 2.35. The second-order valence-corrected chi connectivity index (χ2v) is 6.24. The molecule has 19 heavy (non-hydrogen) atoms. The minimum Gasteiger partial charge on any atom is -0.212 e. The van der Waals surface area contributed by atoms with Crippen molar-refractivity contribution in [1.82, 2.24) is 4.31 Å². The van der Waals surface area contributed by atoms with E-state index in [1.807, 2.05) is 12.1 Å². The maximum absolute atomic E-state index is 12.3. The van der Waals surface area contributed by atoms with Crippen LogP contribution in [0.5, 0.6) is 0 Å². The van der Waals surface area contributed by atoms with Crippen molar-refractivity contribution in [1.29, 1.82) is 10.5 Å². The van der Waals surface area contributed by atoms with Gasteiger partial charge in [0.25, 0.3) is 0 Å². The fraction of sp³-hybridized carbons (Fsp3) is 0.385. The molecule has 0 aliphatic heterocycles. The summed E-state index contributed by atoms with van der Waals surface area (Å²) >= 11 is 0. The number of benzene rings is 1. The van der Waals surface area contributed by atoms with E-state index >= 15 is 0 Å². The Kier molecular flexibility index (Phi) is 5.05. The van der Waals surface area contributed by atoms with Crippen LogP contribution in [0.25, 0.3) is 0 Å². The zero-order valence-electron chi connectivity index (χ0n) is 10.9.